The number of aromatic amines is 1. The van der Waals surface area contributed by atoms with Crippen LogP contribution in [0.3, 0.4) is 0 Å². The van der Waals surface area contributed by atoms with E-state index in [-0.39, 0.29) is 12.5 Å². The maximum absolute atomic E-state index is 11.3. The van der Waals surface area contributed by atoms with E-state index in [1.54, 1.807) is 11.2 Å². The van der Waals surface area contributed by atoms with Gasteiger partial charge in [-0.15, -0.1) is 0 Å². The molecule has 0 radical (unpaired) electrons. The topological polar surface area (TPSA) is 84.0 Å². The Balaban J connectivity index is 2.35. The molecule has 0 saturated carbocycles. The van der Waals surface area contributed by atoms with Crippen LogP contribution < -0.4 is 4.90 Å². The molecule has 0 aliphatic rings. The average Bonchev–Trinajstić information content (AvgIpc) is 2.83. The van der Waals surface area contributed by atoms with Crippen LogP contribution in [0, 0.1) is 0 Å². The number of aromatic nitrogens is 4. The second-order valence-electron chi connectivity index (χ2n) is 3.39. The van der Waals surface area contributed by atoms with Gasteiger partial charge in [-0.25, -0.2) is 15.0 Å². The Morgan fingerprint density at radius 2 is 2.29 bits per heavy atom. The molecule has 0 fully saturated rings. The number of hydrogen-bond donors (Lipinski definition) is 1. The number of esters is 1. The number of hydrogen-bond acceptors (Lipinski definition) is 6. The molecule has 90 valence electrons. The first-order chi connectivity index (χ1) is 8.26. The van der Waals surface area contributed by atoms with E-state index >= 15 is 0 Å². The zero-order valence-electron chi connectivity index (χ0n) is 9.67. The van der Waals surface area contributed by atoms with Gasteiger partial charge in [-0.2, -0.15) is 0 Å². The number of ether oxygens (including phenoxy) is 1. The minimum atomic E-state index is -0.307. The van der Waals surface area contributed by atoms with Gasteiger partial charge in [0, 0.05) is 6.54 Å². The Kier molecular flexibility index (Phi) is 3.17. The number of fused-ring (bicyclic) bond motifs is 1. The van der Waals surface area contributed by atoms with Crippen LogP contribution >= 0.6 is 0 Å². The van der Waals surface area contributed by atoms with E-state index in [1.165, 1.54) is 13.4 Å². The second kappa shape index (κ2) is 4.77. The van der Waals surface area contributed by atoms with Gasteiger partial charge in [0.05, 0.1) is 13.4 Å². The van der Waals surface area contributed by atoms with Gasteiger partial charge >= 0.3 is 5.97 Å². The number of nitrogens with one attached hydrogen (secondary N) is 1. The van der Waals surface area contributed by atoms with Crippen LogP contribution in [-0.4, -0.2) is 46.1 Å². The third-order valence-electron chi connectivity index (χ3n) is 2.43. The highest BCUT2D eigenvalue weighted by atomic mass is 16.5. The molecule has 2 rings (SSSR count). The number of nitrogens with zero attached hydrogens (tertiary/aromatic N) is 4. The standard InChI is InChI=1S/C10H13N5O2/c1-3-15(4-7(16)17-2)10-8-9(12-5-11-8)13-6-14-10/h5-6H,3-4H2,1-2H3,(H,11,12,13,14). The molecule has 0 aromatic carbocycles. The molecule has 2 aromatic rings. The van der Waals surface area contributed by atoms with Crippen LogP contribution in [0.15, 0.2) is 12.7 Å². The zero-order chi connectivity index (χ0) is 12.3. The molecule has 0 aliphatic heterocycles. The van der Waals surface area contributed by atoms with Gasteiger partial charge in [-0.05, 0) is 6.92 Å². The Labute approximate surface area is 97.8 Å². The fraction of sp³-hybridized carbons (Fsp3) is 0.400. The molecule has 0 spiro atoms. The van der Waals surface area contributed by atoms with Crippen molar-refractivity contribution in [3.63, 3.8) is 0 Å². The van der Waals surface area contributed by atoms with Crippen LogP contribution in [-0.2, 0) is 9.53 Å². The monoisotopic (exact) mass is 235 g/mol. The summed E-state index contributed by atoms with van der Waals surface area (Å²) in [6.07, 6.45) is 2.98. The van der Waals surface area contributed by atoms with Crippen molar-refractivity contribution in [3.8, 4) is 0 Å². The van der Waals surface area contributed by atoms with Crippen LogP contribution in [0.2, 0.25) is 0 Å². The van der Waals surface area contributed by atoms with Crippen molar-refractivity contribution in [1.82, 2.24) is 19.9 Å². The normalized spacial score (nSPS) is 10.5. The van der Waals surface area contributed by atoms with Gasteiger partial charge in [0.2, 0.25) is 0 Å². The fourth-order valence-electron chi connectivity index (χ4n) is 1.55. The molecule has 7 nitrogen and oxygen atoms in total. The van der Waals surface area contributed by atoms with E-state index in [4.69, 9.17) is 0 Å². The number of H-pyrrole nitrogens is 1. The molecule has 0 unspecified atom stereocenters. The highest BCUT2D eigenvalue weighted by Crippen LogP contribution is 2.18. The quantitative estimate of drug-likeness (QED) is 0.770. The lowest BCUT2D eigenvalue weighted by Crippen LogP contribution is -2.31. The van der Waals surface area contributed by atoms with Crippen molar-refractivity contribution >= 4 is 23.0 Å². The number of rotatable bonds is 4. The number of likely N-dealkylation sites (N-methyl/N-ethyl adjacent to an activating group) is 1. The first-order valence-electron chi connectivity index (χ1n) is 5.22. The second-order valence-corrected chi connectivity index (χ2v) is 3.39. The molecule has 0 amide bonds. The van der Waals surface area contributed by atoms with Crippen LogP contribution in [0.25, 0.3) is 11.2 Å². The SMILES string of the molecule is CCN(CC(=O)OC)c1ncnc2nc[nH]c12. The van der Waals surface area contributed by atoms with Gasteiger partial charge in [0.1, 0.15) is 18.4 Å². The van der Waals surface area contributed by atoms with Crippen LogP contribution in [0.1, 0.15) is 6.92 Å². The summed E-state index contributed by atoms with van der Waals surface area (Å²) in [4.78, 5) is 28.3. The van der Waals surface area contributed by atoms with Crippen molar-refractivity contribution < 1.29 is 9.53 Å². The summed E-state index contributed by atoms with van der Waals surface area (Å²) in [6, 6.07) is 0. The van der Waals surface area contributed by atoms with Crippen molar-refractivity contribution in [3.05, 3.63) is 12.7 Å². The van der Waals surface area contributed by atoms with E-state index in [0.29, 0.717) is 18.0 Å². The third kappa shape index (κ3) is 2.17. The van der Waals surface area contributed by atoms with Gasteiger partial charge in [-0.3, -0.25) is 4.79 Å². The summed E-state index contributed by atoms with van der Waals surface area (Å²) in [5.41, 5.74) is 1.30. The molecule has 0 atom stereocenters. The number of anilines is 1. The molecule has 0 aliphatic carbocycles. The first-order valence-corrected chi connectivity index (χ1v) is 5.22. The Morgan fingerprint density at radius 3 is 3.00 bits per heavy atom. The minimum absolute atomic E-state index is 0.151. The number of imidazole rings is 1. The van der Waals surface area contributed by atoms with Crippen LogP contribution in [0.4, 0.5) is 5.82 Å². The van der Waals surface area contributed by atoms with Crippen molar-refractivity contribution in [2.45, 2.75) is 6.92 Å². The molecular formula is C10H13N5O2. The molecule has 17 heavy (non-hydrogen) atoms. The highest BCUT2D eigenvalue weighted by molar-refractivity contribution is 5.85. The number of carbonyl (C=O) groups excluding carboxylic acids is 1. The van der Waals surface area contributed by atoms with E-state index in [0.717, 1.165) is 5.52 Å². The number of carbonyl (C=O) groups is 1. The minimum Gasteiger partial charge on any atom is -0.468 e. The average molecular weight is 235 g/mol. The lowest BCUT2D eigenvalue weighted by Gasteiger charge is -2.20. The summed E-state index contributed by atoms with van der Waals surface area (Å²) in [7, 11) is 1.36. The maximum Gasteiger partial charge on any atom is 0.325 e. The lowest BCUT2D eigenvalue weighted by atomic mass is 10.4. The highest BCUT2D eigenvalue weighted by Gasteiger charge is 2.15. The maximum atomic E-state index is 11.3. The Hall–Kier alpha value is -2.18. The number of methoxy groups -OCH3 is 1. The molecule has 2 heterocycles. The summed E-state index contributed by atoms with van der Waals surface area (Å²) in [5, 5.41) is 0. The third-order valence-corrected chi connectivity index (χ3v) is 2.43. The van der Waals surface area contributed by atoms with Crippen molar-refractivity contribution in [2.75, 3.05) is 25.1 Å². The van der Waals surface area contributed by atoms with E-state index in [9.17, 15) is 4.79 Å². The van der Waals surface area contributed by atoms with E-state index in [2.05, 4.69) is 24.7 Å². The summed E-state index contributed by atoms with van der Waals surface area (Å²) >= 11 is 0. The van der Waals surface area contributed by atoms with Gasteiger partial charge in [-0.1, -0.05) is 0 Å². The van der Waals surface area contributed by atoms with Crippen molar-refractivity contribution in [2.24, 2.45) is 0 Å². The zero-order valence-corrected chi connectivity index (χ0v) is 9.67. The Bertz CT molecular complexity index is 524. The molecule has 0 saturated heterocycles. The van der Waals surface area contributed by atoms with Crippen molar-refractivity contribution in [1.29, 1.82) is 0 Å². The van der Waals surface area contributed by atoms with Crippen LogP contribution in [0.5, 0.6) is 0 Å². The lowest BCUT2D eigenvalue weighted by molar-refractivity contribution is -0.138. The fourth-order valence-corrected chi connectivity index (χ4v) is 1.55. The largest absolute Gasteiger partial charge is 0.468 e. The molecule has 1 N–H and O–H groups in total. The first kappa shape index (κ1) is 11.3. The summed E-state index contributed by atoms with van der Waals surface area (Å²) in [5.74, 6) is 0.346. The predicted molar refractivity (Wildman–Crippen MR) is 61.6 cm³/mol. The Morgan fingerprint density at radius 1 is 1.47 bits per heavy atom. The summed E-state index contributed by atoms with van der Waals surface area (Å²) < 4.78 is 4.65. The predicted octanol–water partition coefficient (Wildman–Crippen LogP) is 0.352. The molecule has 7 heteroatoms. The van der Waals surface area contributed by atoms with Gasteiger partial charge < -0.3 is 14.6 Å². The van der Waals surface area contributed by atoms with E-state index < -0.39 is 0 Å². The summed E-state index contributed by atoms with van der Waals surface area (Å²) in [6.45, 7) is 2.73. The smallest absolute Gasteiger partial charge is 0.325 e. The van der Waals surface area contributed by atoms with Gasteiger partial charge in [0.25, 0.3) is 0 Å². The molecule has 0 bridgehead atoms. The van der Waals surface area contributed by atoms with E-state index in [1.807, 2.05) is 6.92 Å². The van der Waals surface area contributed by atoms with Gasteiger partial charge in [0.15, 0.2) is 11.5 Å². The molecule has 2 aromatic heterocycles. The molecular weight excluding hydrogens is 222 g/mol.